The molecule has 0 aliphatic rings. The third-order valence-electron chi connectivity index (χ3n) is 4.38. The molecule has 1 amide bonds. The Hall–Kier alpha value is -3.16. The van der Waals surface area contributed by atoms with Crippen molar-refractivity contribution in [1.29, 1.82) is 0 Å². The van der Waals surface area contributed by atoms with Gasteiger partial charge in [0.1, 0.15) is 0 Å². The van der Waals surface area contributed by atoms with Crippen molar-refractivity contribution in [2.75, 3.05) is 7.11 Å². The predicted molar refractivity (Wildman–Crippen MR) is 114 cm³/mol. The van der Waals surface area contributed by atoms with Crippen LogP contribution in [0, 0.1) is 0 Å². The number of amides is 1. The van der Waals surface area contributed by atoms with E-state index in [0.717, 1.165) is 0 Å². The lowest BCUT2D eigenvalue weighted by molar-refractivity contribution is -0.136. The van der Waals surface area contributed by atoms with Crippen molar-refractivity contribution >= 4 is 28.1 Å². The smallest absolute Gasteiger partial charge is 0.281 e. The van der Waals surface area contributed by atoms with Crippen LogP contribution in [0.5, 0.6) is 11.5 Å². The number of nitrogens with one attached hydrogen (secondary N) is 1. The van der Waals surface area contributed by atoms with Gasteiger partial charge in [-0.15, -0.1) is 0 Å². The van der Waals surface area contributed by atoms with E-state index in [4.69, 9.17) is 4.74 Å². The Bertz CT molecular complexity index is 984. The van der Waals surface area contributed by atoms with Crippen molar-refractivity contribution in [2.24, 2.45) is 5.10 Å². The van der Waals surface area contributed by atoms with E-state index in [1.165, 1.54) is 19.4 Å². The van der Waals surface area contributed by atoms with Crippen LogP contribution < -0.4 is 10.2 Å². The highest BCUT2D eigenvalue weighted by Gasteiger charge is 2.39. The first-order valence-electron chi connectivity index (χ1n) is 8.70. The molecule has 3 aromatic carbocycles. The maximum absolute atomic E-state index is 13.0. The molecule has 3 N–H and O–H groups in total. The molecule has 0 heterocycles. The van der Waals surface area contributed by atoms with Gasteiger partial charge in [-0.05, 0) is 39.2 Å². The minimum absolute atomic E-state index is 0.0249. The molecule has 0 radical (unpaired) electrons. The number of benzene rings is 3. The van der Waals surface area contributed by atoms with Gasteiger partial charge < -0.3 is 14.9 Å². The average molecular weight is 455 g/mol. The summed E-state index contributed by atoms with van der Waals surface area (Å²) in [4.78, 5) is 13.0. The Balaban J connectivity index is 1.90. The Labute approximate surface area is 176 Å². The van der Waals surface area contributed by atoms with Crippen LogP contribution in [-0.4, -0.2) is 29.4 Å². The third-order valence-corrected chi connectivity index (χ3v) is 5.07. The van der Waals surface area contributed by atoms with Crippen LogP contribution in [0.3, 0.4) is 0 Å². The van der Waals surface area contributed by atoms with Gasteiger partial charge in [-0.1, -0.05) is 60.7 Å². The summed E-state index contributed by atoms with van der Waals surface area (Å²) in [7, 11) is 1.44. The van der Waals surface area contributed by atoms with E-state index in [-0.39, 0.29) is 11.5 Å². The van der Waals surface area contributed by atoms with Crippen LogP contribution in [0.25, 0.3) is 0 Å². The summed E-state index contributed by atoms with van der Waals surface area (Å²) in [5, 5.41) is 25.1. The largest absolute Gasteiger partial charge is 0.504 e. The summed E-state index contributed by atoms with van der Waals surface area (Å²) in [5.74, 6) is -0.456. The number of phenols is 1. The summed E-state index contributed by atoms with van der Waals surface area (Å²) in [6.45, 7) is 0. The number of methoxy groups -OCH3 is 1. The highest BCUT2D eigenvalue weighted by atomic mass is 79.9. The van der Waals surface area contributed by atoms with E-state index < -0.39 is 11.5 Å². The van der Waals surface area contributed by atoms with E-state index >= 15 is 0 Å². The fourth-order valence-electron chi connectivity index (χ4n) is 2.85. The maximum atomic E-state index is 13.0. The number of nitrogens with zero attached hydrogens (tertiary/aromatic N) is 1. The highest BCUT2D eigenvalue weighted by molar-refractivity contribution is 9.10. The number of carbonyl (C=O) groups is 1. The van der Waals surface area contributed by atoms with E-state index in [1.807, 2.05) is 0 Å². The lowest BCUT2D eigenvalue weighted by Gasteiger charge is -2.27. The molecule has 0 saturated carbocycles. The Morgan fingerprint density at radius 2 is 1.62 bits per heavy atom. The fraction of sp³-hybridized carbons (Fsp3) is 0.0909. The number of carbonyl (C=O) groups excluding carboxylic acids is 1. The number of halogens is 1. The van der Waals surface area contributed by atoms with E-state index in [1.54, 1.807) is 66.7 Å². The van der Waals surface area contributed by atoms with Crippen molar-refractivity contribution < 1.29 is 19.7 Å². The summed E-state index contributed by atoms with van der Waals surface area (Å²) in [6, 6.07) is 20.4. The number of ether oxygens (including phenoxy) is 1. The third kappa shape index (κ3) is 4.31. The quantitative estimate of drug-likeness (QED) is 0.392. The van der Waals surface area contributed by atoms with E-state index in [0.29, 0.717) is 21.2 Å². The first-order valence-corrected chi connectivity index (χ1v) is 9.49. The molecule has 0 aliphatic heterocycles. The highest BCUT2D eigenvalue weighted by Crippen LogP contribution is 2.32. The van der Waals surface area contributed by atoms with Crippen LogP contribution in [0.1, 0.15) is 16.7 Å². The number of phenolic OH excluding ortho intramolecular Hbond substituents is 1. The van der Waals surface area contributed by atoms with Crippen molar-refractivity contribution in [2.45, 2.75) is 5.60 Å². The first kappa shape index (κ1) is 20.6. The van der Waals surface area contributed by atoms with Gasteiger partial charge in [0.25, 0.3) is 5.91 Å². The second kappa shape index (κ2) is 8.89. The molecule has 0 aliphatic carbocycles. The molecule has 0 atom stereocenters. The molecule has 3 aromatic rings. The molecular weight excluding hydrogens is 436 g/mol. The van der Waals surface area contributed by atoms with Gasteiger partial charge in [-0.3, -0.25) is 4.79 Å². The number of hydrogen-bond acceptors (Lipinski definition) is 5. The molecule has 148 valence electrons. The second-order valence-electron chi connectivity index (χ2n) is 6.19. The van der Waals surface area contributed by atoms with E-state index in [9.17, 15) is 15.0 Å². The molecule has 0 spiro atoms. The molecule has 7 heteroatoms. The molecule has 0 aromatic heterocycles. The first-order chi connectivity index (χ1) is 14.0. The van der Waals surface area contributed by atoms with Crippen LogP contribution in [0.2, 0.25) is 0 Å². The van der Waals surface area contributed by atoms with Crippen molar-refractivity contribution in [1.82, 2.24) is 5.43 Å². The molecule has 0 fully saturated rings. The van der Waals surface area contributed by atoms with Gasteiger partial charge in [-0.2, -0.15) is 5.10 Å². The van der Waals surface area contributed by atoms with Gasteiger partial charge in [0, 0.05) is 10.0 Å². The van der Waals surface area contributed by atoms with Crippen LogP contribution in [-0.2, 0) is 10.4 Å². The van der Waals surface area contributed by atoms with Crippen LogP contribution >= 0.6 is 15.9 Å². The Morgan fingerprint density at radius 1 is 1.07 bits per heavy atom. The Morgan fingerprint density at radius 3 is 2.14 bits per heavy atom. The van der Waals surface area contributed by atoms with Crippen molar-refractivity contribution in [3.05, 3.63) is 94.0 Å². The number of hydrogen-bond donors (Lipinski definition) is 3. The SMILES string of the molecule is COc1cc(C=NNC(=O)C(O)(c2ccccc2)c2ccccc2)c(Br)cc1O. The summed E-state index contributed by atoms with van der Waals surface area (Å²) < 4.78 is 5.64. The monoisotopic (exact) mass is 454 g/mol. The second-order valence-corrected chi connectivity index (χ2v) is 7.04. The zero-order chi connectivity index (χ0) is 20.9. The molecule has 29 heavy (non-hydrogen) atoms. The number of rotatable bonds is 6. The van der Waals surface area contributed by atoms with Gasteiger partial charge in [0.15, 0.2) is 17.1 Å². The maximum Gasteiger partial charge on any atom is 0.281 e. The number of aliphatic hydroxyl groups is 1. The summed E-state index contributed by atoms with van der Waals surface area (Å²) >= 11 is 3.32. The van der Waals surface area contributed by atoms with Gasteiger partial charge in [0.2, 0.25) is 0 Å². The molecule has 0 bridgehead atoms. The van der Waals surface area contributed by atoms with E-state index in [2.05, 4.69) is 26.5 Å². The fourth-order valence-corrected chi connectivity index (χ4v) is 3.28. The minimum Gasteiger partial charge on any atom is -0.504 e. The predicted octanol–water partition coefficient (Wildman–Crippen LogP) is 3.55. The van der Waals surface area contributed by atoms with Crippen molar-refractivity contribution in [3.8, 4) is 11.5 Å². The summed E-state index contributed by atoms with van der Waals surface area (Å²) in [6.07, 6.45) is 1.39. The number of hydrazone groups is 1. The molecule has 0 saturated heterocycles. The van der Waals surface area contributed by atoms with Gasteiger partial charge in [-0.25, -0.2) is 5.43 Å². The average Bonchev–Trinajstić information content (AvgIpc) is 2.75. The van der Waals surface area contributed by atoms with Crippen molar-refractivity contribution in [3.63, 3.8) is 0 Å². The van der Waals surface area contributed by atoms with Gasteiger partial charge >= 0.3 is 0 Å². The molecular formula is C22H19BrN2O4. The summed E-state index contributed by atoms with van der Waals surface area (Å²) in [5.41, 5.74) is 1.91. The Kier molecular flexibility index (Phi) is 6.31. The lowest BCUT2D eigenvalue weighted by atomic mass is 9.85. The standard InChI is InChI=1S/C22H19BrN2O4/c1-29-20-12-15(18(23)13-19(20)26)14-24-25-21(27)22(28,16-8-4-2-5-9-16)17-10-6-3-7-11-17/h2-14,26,28H,1H3,(H,25,27). The molecule has 6 nitrogen and oxygen atoms in total. The van der Waals surface area contributed by atoms with Gasteiger partial charge in [0.05, 0.1) is 13.3 Å². The number of aromatic hydroxyl groups is 1. The van der Waals surface area contributed by atoms with Crippen LogP contribution in [0.15, 0.2) is 82.4 Å². The topological polar surface area (TPSA) is 91.2 Å². The lowest BCUT2D eigenvalue weighted by Crippen LogP contribution is -2.43. The molecule has 3 rings (SSSR count). The van der Waals surface area contributed by atoms with Crippen LogP contribution in [0.4, 0.5) is 0 Å². The molecule has 0 unspecified atom stereocenters. The zero-order valence-corrected chi connectivity index (χ0v) is 17.1. The normalized spacial score (nSPS) is 11.4. The minimum atomic E-state index is -1.91. The zero-order valence-electron chi connectivity index (χ0n) is 15.5.